The highest BCUT2D eigenvalue weighted by molar-refractivity contribution is 5.41. The fourth-order valence-corrected chi connectivity index (χ4v) is 2.03. The number of rotatable bonds is 3. The molecule has 17 heavy (non-hydrogen) atoms. The largest absolute Gasteiger partial charge is 0.475 e. The van der Waals surface area contributed by atoms with Crippen LogP contribution in [0.4, 0.5) is 5.82 Å². The Kier molecular flexibility index (Phi) is 3.78. The Bertz CT molecular complexity index is 369. The van der Waals surface area contributed by atoms with Crippen molar-refractivity contribution in [2.75, 3.05) is 18.0 Å². The summed E-state index contributed by atoms with van der Waals surface area (Å²) in [5.41, 5.74) is 5.96. The van der Waals surface area contributed by atoms with E-state index in [1.54, 1.807) is 6.33 Å². The summed E-state index contributed by atoms with van der Waals surface area (Å²) in [5.74, 6) is 1.54. The maximum Gasteiger partial charge on any atom is 0.218 e. The van der Waals surface area contributed by atoms with Crippen LogP contribution in [-0.4, -0.2) is 35.2 Å². The van der Waals surface area contributed by atoms with Crippen molar-refractivity contribution in [2.45, 2.75) is 38.8 Å². The third-order valence-corrected chi connectivity index (χ3v) is 2.77. The molecule has 5 heteroatoms. The monoisotopic (exact) mass is 236 g/mol. The molecule has 1 saturated heterocycles. The Morgan fingerprint density at radius 3 is 3.00 bits per heavy atom. The summed E-state index contributed by atoms with van der Waals surface area (Å²) in [4.78, 5) is 10.6. The van der Waals surface area contributed by atoms with E-state index in [1.165, 1.54) is 0 Å². The Morgan fingerprint density at radius 2 is 2.29 bits per heavy atom. The van der Waals surface area contributed by atoms with Crippen LogP contribution in [0.15, 0.2) is 12.4 Å². The second-order valence-electron chi connectivity index (χ2n) is 4.73. The highest BCUT2D eigenvalue weighted by Gasteiger charge is 2.18. The molecule has 0 spiro atoms. The summed E-state index contributed by atoms with van der Waals surface area (Å²) in [6, 6.07) is 2.13. The minimum absolute atomic E-state index is 0.126. The second kappa shape index (κ2) is 5.31. The van der Waals surface area contributed by atoms with Gasteiger partial charge in [0.05, 0.1) is 6.10 Å². The molecular formula is C12H20N4O. The summed E-state index contributed by atoms with van der Waals surface area (Å²) in [7, 11) is 0. The lowest BCUT2D eigenvalue weighted by molar-refractivity contribution is 0.232. The minimum atomic E-state index is 0.126. The van der Waals surface area contributed by atoms with Gasteiger partial charge in [0.25, 0.3) is 0 Å². The molecule has 1 unspecified atom stereocenters. The van der Waals surface area contributed by atoms with E-state index in [-0.39, 0.29) is 12.1 Å². The van der Waals surface area contributed by atoms with Gasteiger partial charge >= 0.3 is 0 Å². The van der Waals surface area contributed by atoms with Crippen LogP contribution in [0.3, 0.4) is 0 Å². The zero-order valence-electron chi connectivity index (χ0n) is 10.5. The van der Waals surface area contributed by atoms with Crippen LogP contribution in [0.25, 0.3) is 0 Å². The van der Waals surface area contributed by atoms with Gasteiger partial charge in [-0.05, 0) is 26.7 Å². The Balaban J connectivity index is 2.09. The molecule has 0 amide bonds. The fourth-order valence-electron chi connectivity index (χ4n) is 2.03. The van der Waals surface area contributed by atoms with Gasteiger partial charge in [0.1, 0.15) is 12.1 Å². The molecule has 2 heterocycles. The first kappa shape index (κ1) is 12.1. The van der Waals surface area contributed by atoms with Gasteiger partial charge in [-0.1, -0.05) is 0 Å². The molecule has 0 radical (unpaired) electrons. The van der Waals surface area contributed by atoms with Gasteiger partial charge in [0.15, 0.2) is 0 Å². The first-order valence-electron chi connectivity index (χ1n) is 6.14. The van der Waals surface area contributed by atoms with Crippen LogP contribution in [0.1, 0.15) is 26.7 Å². The van der Waals surface area contributed by atoms with Crippen LogP contribution >= 0.6 is 0 Å². The minimum Gasteiger partial charge on any atom is -0.475 e. The number of piperidine rings is 1. The van der Waals surface area contributed by atoms with E-state index in [9.17, 15) is 0 Å². The normalized spacial score (nSPS) is 20.7. The fraction of sp³-hybridized carbons (Fsp3) is 0.667. The first-order valence-corrected chi connectivity index (χ1v) is 6.14. The van der Waals surface area contributed by atoms with Crippen molar-refractivity contribution >= 4 is 5.82 Å². The number of ether oxygens (including phenoxy) is 1. The van der Waals surface area contributed by atoms with Crippen molar-refractivity contribution in [3.8, 4) is 5.88 Å². The summed E-state index contributed by atoms with van der Waals surface area (Å²) in [5, 5.41) is 0. The molecule has 1 fully saturated rings. The van der Waals surface area contributed by atoms with E-state index in [4.69, 9.17) is 10.5 Å². The Morgan fingerprint density at radius 1 is 1.47 bits per heavy atom. The number of anilines is 1. The second-order valence-corrected chi connectivity index (χ2v) is 4.73. The molecule has 0 bridgehead atoms. The van der Waals surface area contributed by atoms with Crippen molar-refractivity contribution < 1.29 is 4.74 Å². The molecule has 1 aliphatic heterocycles. The highest BCUT2D eigenvalue weighted by atomic mass is 16.5. The summed E-state index contributed by atoms with van der Waals surface area (Å²) < 4.78 is 5.56. The molecule has 0 aliphatic carbocycles. The third-order valence-electron chi connectivity index (χ3n) is 2.77. The van der Waals surface area contributed by atoms with E-state index >= 15 is 0 Å². The molecular weight excluding hydrogens is 216 g/mol. The van der Waals surface area contributed by atoms with Gasteiger partial charge in [-0.25, -0.2) is 9.97 Å². The predicted octanol–water partition coefficient (Wildman–Crippen LogP) is 1.19. The zero-order chi connectivity index (χ0) is 12.3. The number of nitrogens with zero attached hydrogens (tertiary/aromatic N) is 3. The maximum absolute atomic E-state index is 5.96. The summed E-state index contributed by atoms with van der Waals surface area (Å²) >= 11 is 0. The predicted molar refractivity (Wildman–Crippen MR) is 67.2 cm³/mol. The molecule has 0 saturated carbocycles. The maximum atomic E-state index is 5.96. The highest BCUT2D eigenvalue weighted by Crippen LogP contribution is 2.20. The van der Waals surface area contributed by atoms with Crippen LogP contribution in [0.2, 0.25) is 0 Å². The first-order chi connectivity index (χ1) is 8.15. The van der Waals surface area contributed by atoms with Crippen LogP contribution < -0.4 is 15.4 Å². The zero-order valence-corrected chi connectivity index (χ0v) is 10.5. The molecule has 1 aliphatic rings. The average Bonchev–Trinajstić information content (AvgIpc) is 2.28. The van der Waals surface area contributed by atoms with E-state index in [1.807, 2.05) is 19.9 Å². The van der Waals surface area contributed by atoms with Crippen molar-refractivity contribution in [3.63, 3.8) is 0 Å². The Hall–Kier alpha value is -1.36. The van der Waals surface area contributed by atoms with Crippen molar-refractivity contribution in [1.82, 2.24) is 9.97 Å². The number of aromatic nitrogens is 2. The topological polar surface area (TPSA) is 64.3 Å². The van der Waals surface area contributed by atoms with Crippen LogP contribution in [0, 0.1) is 0 Å². The average molecular weight is 236 g/mol. The van der Waals surface area contributed by atoms with Crippen molar-refractivity contribution in [1.29, 1.82) is 0 Å². The summed E-state index contributed by atoms with van der Waals surface area (Å²) in [6.45, 7) is 5.83. The van der Waals surface area contributed by atoms with Crippen molar-refractivity contribution in [2.24, 2.45) is 5.73 Å². The van der Waals surface area contributed by atoms with E-state index in [2.05, 4.69) is 14.9 Å². The molecule has 0 aromatic carbocycles. The van der Waals surface area contributed by atoms with Gasteiger partial charge in [-0.15, -0.1) is 0 Å². The number of hydrogen-bond acceptors (Lipinski definition) is 5. The number of nitrogens with two attached hydrogens (primary N) is 1. The van der Waals surface area contributed by atoms with Gasteiger partial charge in [-0.3, -0.25) is 0 Å². The van der Waals surface area contributed by atoms with Gasteiger partial charge in [0, 0.05) is 25.2 Å². The van der Waals surface area contributed by atoms with E-state index < -0.39 is 0 Å². The Labute approximate surface area is 102 Å². The van der Waals surface area contributed by atoms with Crippen LogP contribution in [-0.2, 0) is 0 Å². The molecule has 2 N–H and O–H groups in total. The smallest absolute Gasteiger partial charge is 0.218 e. The lowest BCUT2D eigenvalue weighted by Gasteiger charge is -2.31. The lowest BCUT2D eigenvalue weighted by Crippen LogP contribution is -2.43. The third kappa shape index (κ3) is 3.30. The van der Waals surface area contributed by atoms with E-state index in [0.29, 0.717) is 5.88 Å². The molecule has 2 rings (SSSR count). The van der Waals surface area contributed by atoms with Gasteiger partial charge in [-0.2, -0.15) is 0 Å². The molecule has 5 nitrogen and oxygen atoms in total. The molecule has 1 atom stereocenters. The van der Waals surface area contributed by atoms with E-state index in [0.717, 1.165) is 31.7 Å². The van der Waals surface area contributed by atoms with Gasteiger partial charge < -0.3 is 15.4 Å². The lowest BCUT2D eigenvalue weighted by atomic mass is 10.1. The van der Waals surface area contributed by atoms with Gasteiger partial charge in [0.2, 0.25) is 5.88 Å². The molecule has 1 aromatic heterocycles. The standard InChI is InChI=1S/C12H20N4O/c1-9(2)17-12-6-11(14-8-15-12)16-5-3-4-10(13)7-16/h6,8-10H,3-5,7,13H2,1-2H3. The SMILES string of the molecule is CC(C)Oc1cc(N2CCCC(N)C2)ncn1. The number of hydrogen-bond donors (Lipinski definition) is 1. The molecule has 1 aromatic rings. The quantitative estimate of drug-likeness (QED) is 0.854. The van der Waals surface area contributed by atoms with Crippen molar-refractivity contribution in [3.05, 3.63) is 12.4 Å². The van der Waals surface area contributed by atoms with Crippen LogP contribution in [0.5, 0.6) is 5.88 Å². The molecule has 94 valence electrons. The summed E-state index contributed by atoms with van der Waals surface area (Å²) in [6.07, 6.45) is 3.89.